The maximum absolute atomic E-state index is 14.1. The molecular formula is C14H10F7N2. The molecule has 1 aliphatic rings. The summed E-state index contributed by atoms with van der Waals surface area (Å²) in [5, 5.41) is 3.71. The number of benzene rings is 1. The molecule has 0 atom stereocenters. The van der Waals surface area contributed by atoms with Gasteiger partial charge < -0.3 is 0 Å². The molecule has 0 fully saturated rings. The Labute approximate surface area is 126 Å². The zero-order valence-corrected chi connectivity index (χ0v) is 11.8. The third kappa shape index (κ3) is 2.68. The van der Waals surface area contributed by atoms with Crippen molar-refractivity contribution in [1.29, 1.82) is 0 Å². The minimum absolute atomic E-state index is 0.0380. The number of allylic oxidation sites excluding steroid dienone is 1. The van der Waals surface area contributed by atoms with Crippen molar-refractivity contribution in [2.75, 3.05) is 0 Å². The van der Waals surface area contributed by atoms with Gasteiger partial charge in [0.2, 0.25) is 0 Å². The maximum Gasteiger partial charge on any atom is 0.435 e. The van der Waals surface area contributed by atoms with E-state index in [4.69, 9.17) is 0 Å². The molecule has 9 heteroatoms. The predicted octanol–water partition coefficient (Wildman–Crippen LogP) is 4.43. The van der Waals surface area contributed by atoms with E-state index in [-0.39, 0.29) is 16.8 Å². The Kier molecular flexibility index (Phi) is 3.94. The molecule has 0 spiro atoms. The fourth-order valence-corrected chi connectivity index (χ4v) is 2.42. The Bertz CT molecular complexity index is 646. The highest BCUT2D eigenvalue weighted by Gasteiger charge is 2.73. The average molecular weight is 339 g/mol. The molecule has 2 rings (SSSR count). The first-order chi connectivity index (χ1) is 10.4. The van der Waals surface area contributed by atoms with E-state index in [0.717, 1.165) is 0 Å². The SMILES string of the molecule is Cc1cc(C(F)(C(F)(F)F)C(F)(F)F)cc(C)c1C1=N[N]C=C1. The first-order valence-electron chi connectivity index (χ1n) is 6.28. The highest BCUT2D eigenvalue weighted by Crippen LogP contribution is 2.53. The zero-order chi connectivity index (χ0) is 17.6. The molecule has 0 bridgehead atoms. The van der Waals surface area contributed by atoms with Gasteiger partial charge in [0.05, 0.1) is 11.9 Å². The van der Waals surface area contributed by atoms with Crippen molar-refractivity contribution in [3.05, 3.63) is 46.7 Å². The Morgan fingerprint density at radius 1 is 0.826 bits per heavy atom. The van der Waals surface area contributed by atoms with Gasteiger partial charge in [-0.15, -0.1) is 0 Å². The van der Waals surface area contributed by atoms with E-state index < -0.39 is 23.6 Å². The number of halogens is 7. The highest BCUT2D eigenvalue weighted by molar-refractivity contribution is 6.11. The molecule has 0 saturated carbocycles. The van der Waals surface area contributed by atoms with Crippen LogP contribution in [0.1, 0.15) is 22.3 Å². The van der Waals surface area contributed by atoms with E-state index >= 15 is 0 Å². The van der Waals surface area contributed by atoms with Crippen LogP contribution in [0.2, 0.25) is 0 Å². The molecule has 125 valence electrons. The van der Waals surface area contributed by atoms with E-state index in [0.29, 0.717) is 17.7 Å². The quantitative estimate of drug-likeness (QED) is 0.713. The Morgan fingerprint density at radius 2 is 1.30 bits per heavy atom. The van der Waals surface area contributed by atoms with Crippen molar-refractivity contribution in [3.63, 3.8) is 0 Å². The summed E-state index contributed by atoms with van der Waals surface area (Å²) in [6.45, 7) is 2.57. The van der Waals surface area contributed by atoms with Crippen LogP contribution in [-0.4, -0.2) is 18.1 Å². The van der Waals surface area contributed by atoms with E-state index in [1.807, 2.05) is 0 Å². The van der Waals surface area contributed by atoms with Gasteiger partial charge in [0.1, 0.15) is 0 Å². The number of hydrogen-bond donors (Lipinski definition) is 0. The van der Waals surface area contributed by atoms with E-state index in [2.05, 4.69) is 10.5 Å². The molecule has 0 aromatic heterocycles. The third-order valence-electron chi connectivity index (χ3n) is 3.43. The van der Waals surface area contributed by atoms with E-state index in [1.54, 1.807) is 0 Å². The molecule has 0 unspecified atom stereocenters. The highest BCUT2D eigenvalue weighted by atomic mass is 19.4. The Balaban J connectivity index is 2.67. The minimum Gasteiger partial charge on any atom is -0.218 e. The van der Waals surface area contributed by atoms with Gasteiger partial charge in [0.15, 0.2) is 0 Å². The molecular weight excluding hydrogens is 329 g/mol. The van der Waals surface area contributed by atoms with Gasteiger partial charge in [0, 0.05) is 11.1 Å². The van der Waals surface area contributed by atoms with Crippen molar-refractivity contribution in [2.24, 2.45) is 5.10 Å². The predicted molar refractivity (Wildman–Crippen MR) is 68.6 cm³/mol. The van der Waals surface area contributed by atoms with Crippen LogP contribution in [0.15, 0.2) is 29.5 Å². The summed E-state index contributed by atoms with van der Waals surface area (Å²) >= 11 is 0. The lowest BCUT2D eigenvalue weighted by Gasteiger charge is -2.31. The molecule has 1 aliphatic heterocycles. The molecule has 0 aliphatic carbocycles. The van der Waals surface area contributed by atoms with Gasteiger partial charge in [-0.2, -0.15) is 36.9 Å². The summed E-state index contributed by atoms with van der Waals surface area (Å²) < 4.78 is 90.9. The van der Waals surface area contributed by atoms with Crippen LogP contribution in [0.5, 0.6) is 0 Å². The van der Waals surface area contributed by atoms with Gasteiger partial charge in [0.25, 0.3) is 0 Å². The molecule has 1 heterocycles. The number of nitrogens with zero attached hydrogens (tertiary/aromatic N) is 2. The van der Waals surface area contributed by atoms with Crippen molar-refractivity contribution >= 4 is 5.71 Å². The lowest BCUT2D eigenvalue weighted by atomic mass is 9.87. The van der Waals surface area contributed by atoms with Crippen molar-refractivity contribution < 1.29 is 30.7 Å². The van der Waals surface area contributed by atoms with Crippen LogP contribution < -0.4 is 5.43 Å². The van der Waals surface area contributed by atoms with Crippen LogP contribution in [0.4, 0.5) is 30.7 Å². The summed E-state index contributed by atoms with van der Waals surface area (Å²) in [5.74, 6) is 0. The summed E-state index contributed by atoms with van der Waals surface area (Å²) in [4.78, 5) is 0. The lowest BCUT2D eigenvalue weighted by molar-refractivity contribution is -0.348. The maximum atomic E-state index is 14.1. The van der Waals surface area contributed by atoms with Crippen molar-refractivity contribution in [2.45, 2.75) is 31.9 Å². The largest absolute Gasteiger partial charge is 0.435 e. The molecule has 1 aromatic carbocycles. The molecule has 1 radical (unpaired) electrons. The minimum atomic E-state index is -6.13. The summed E-state index contributed by atoms with van der Waals surface area (Å²) in [5.41, 5.74) is -2.72. The Hall–Kier alpha value is -2.06. The van der Waals surface area contributed by atoms with E-state index in [9.17, 15) is 30.7 Å². The van der Waals surface area contributed by atoms with Crippen molar-refractivity contribution in [3.8, 4) is 0 Å². The molecule has 0 amide bonds. The number of aryl methyl sites for hydroxylation is 2. The topological polar surface area (TPSA) is 26.5 Å². The molecule has 2 nitrogen and oxygen atoms in total. The third-order valence-corrected chi connectivity index (χ3v) is 3.43. The molecule has 23 heavy (non-hydrogen) atoms. The van der Waals surface area contributed by atoms with Crippen LogP contribution in [0, 0.1) is 13.8 Å². The van der Waals surface area contributed by atoms with Crippen LogP contribution in [0.25, 0.3) is 0 Å². The lowest BCUT2D eigenvalue weighted by Crippen LogP contribution is -2.50. The number of alkyl halides is 7. The fourth-order valence-electron chi connectivity index (χ4n) is 2.42. The monoisotopic (exact) mass is 339 g/mol. The first-order valence-corrected chi connectivity index (χ1v) is 6.28. The van der Waals surface area contributed by atoms with Crippen LogP contribution >= 0.6 is 0 Å². The summed E-state index contributed by atoms with van der Waals surface area (Å²) in [6.07, 6.45) is -9.49. The van der Waals surface area contributed by atoms with Gasteiger partial charge in [-0.05, 0) is 31.1 Å². The Morgan fingerprint density at radius 3 is 1.65 bits per heavy atom. The second kappa shape index (κ2) is 5.24. The van der Waals surface area contributed by atoms with Crippen molar-refractivity contribution in [1.82, 2.24) is 5.43 Å². The molecule has 0 N–H and O–H groups in total. The van der Waals surface area contributed by atoms with Gasteiger partial charge in [-0.25, -0.2) is 4.39 Å². The molecule has 0 saturated heterocycles. The fraction of sp³-hybridized carbons (Fsp3) is 0.357. The van der Waals surface area contributed by atoms with Crippen LogP contribution in [0.3, 0.4) is 0 Å². The van der Waals surface area contributed by atoms with Gasteiger partial charge in [-0.3, -0.25) is 0 Å². The van der Waals surface area contributed by atoms with Crippen LogP contribution in [-0.2, 0) is 5.67 Å². The zero-order valence-electron chi connectivity index (χ0n) is 11.8. The number of rotatable bonds is 2. The first kappa shape index (κ1) is 17.3. The average Bonchev–Trinajstić information content (AvgIpc) is 2.87. The summed E-state index contributed by atoms with van der Waals surface area (Å²) in [7, 11) is 0. The smallest absolute Gasteiger partial charge is 0.218 e. The molecule has 1 aromatic rings. The van der Waals surface area contributed by atoms with Gasteiger partial charge >= 0.3 is 18.0 Å². The van der Waals surface area contributed by atoms with E-state index in [1.165, 1.54) is 26.1 Å². The number of hydrogen-bond acceptors (Lipinski definition) is 1. The standard InChI is InChI=1S/C14H10F7N2/c1-7-5-9(12(15,13(16,17)18)14(19,20)21)6-8(2)11(7)10-3-4-22-23-10/h3-6H,1-2H3. The van der Waals surface area contributed by atoms with Gasteiger partial charge in [-0.1, -0.05) is 12.1 Å². The second-order valence-electron chi connectivity index (χ2n) is 5.06. The normalized spacial score (nSPS) is 15.6. The second-order valence-corrected chi connectivity index (χ2v) is 5.06. The summed E-state index contributed by atoms with van der Waals surface area (Å²) in [6, 6.07) is 1.08.